The van der Waals surface area contributed by atoms with Gasteiger partial charge in [-0.1, -0.05) is 0 Å². The predicted octanol–water partition coefficient (Wildman–Crippen LogP) is -0.0319. The van der Waals surface area contributed by atoms with Crippen LogP contribution in [-0.2, 0) is 10.2 Å². The van der Waals surface area contributed by atoms with E-state index in [-0.39, 0.29) is 5.54 Å². The van der Waals surface area contributed by atoms with Crippen LogP contribution in [0, 0.1) is 5.92 Å². The summed E-state index contributed by atoms with van der Waals surface area (Å²) in [6.45, 7) is 3.71. The minimum atomic E-state index is -3.54. The molecule has 0 aromatic heterocycles. The van der Waals surface area contributed by atoms with Crippen molar-refractivity contribution in [2.24, 2.45) is 11.1 Å². The Balaban J connectivity index is 2.59. The molecule has 0 saturated heterocycles. The van der Waals surface area contributed by atoms with Crippen LogP contribution in [0.3, 0.4) is 0 Å². The van der Waals surface area contributed by atoms with Crippen molar-refractivity contribution in [3.63, 3.8) is 0 Å². The molecular weight excluding hydrogens is 164 g/mol. The normalized spacial score (nSPS) is 20.3. The Morgan fingerprint density at radius 1 is 1.45 bits per heavy atom. The third-order valence-electron chi connectivity index (χ3n) is 2.00. The molecule has 0 atom stereocenters. The first-order valence-electron chi connectivity index (χ1n) is 3.63. The van der Waals surface area contributed by atoms with Crippen LogP contribution >= 0.6 is 0 Å². The van der Waals surface area contributed by atoms with E-state index < -0.39 is 10.2 Å². The molecule has 1 saturated carbocycles. The van der Waals surface area contributed by atoms with Gasteiger partial charge in [0.25, 0.3) is 10.2 Å². The van der Waals surface area contributed by atoms with E-state index in [0.717, 1.165) is 12.8 Å². The Kier molecular flexibility index (Phi) is 1.98. The van der Waals surface area contributed by atoms with Crippen LogP contribution in [0.2, 0.25) is 0 Å². The van der Waals surface area contributed by atoms with E-state index in [0.29, 0.717) is 5.92 Å². The Labute approximate surface area is 67.3 Å². The van der Waals surface area contributed by atoms with Crippen LogP contribution in [-0.4, -0.2) is 14.0 Å². The zero-order valence-corrected chi connectivity index (χ0v) is 7.61. The van der Waals surface area contributed by atoms with Crippen molar-refractivity contribution < 1.29 is 8.42 Å². The minimum Gasteiger partial charge on any atom is -0.216 e. The maximum absolute atomic E-state index is 10.6. The molecule has 0 bridgehead atoms. The van der Waals surface area contributed by atoms with Gasteiger partial charge in [-0.25, -0.2) is 5.14 Å². The molecule has 0 radical (unpaired) electrons. The summed E-state index contributed by atoms with van der Waals surface area (Å²) >= 11 is 0. The molecule has 0 unspecified atom stereocenters. The SMILES string of the molecule is CC(C)(NS(N)(=O)=O)C1CC1. The highest BCUT2D eigenvalue weighted by Crippen LogP contribution is 2.39. The summed E-state index contributed by atoms with van der Waals surface area (Å²) in [5.41, 5.74) is -0.367. The quantitative estimate of drug-likeness (QED) is 0.637. The molecular formula is C6H14N2O2S. The van der Waals surface area contributed by atoms with E-state index >= 15 is 0 Å². The Hall–Kier alpha value is -0.130. The zero-order valence-electron chi connectivity index (χ0n) is 6.79. The molecule has 1 aliphatic rings. The lowest BCUT2D eigenvalue weighted by atomic mass is 10.0. The van der Waals surface area contributed by atoms with Crippen molar-refractivity contribution in [1.82, 2.24) is 4.72 Å². The second kappa shape index (κ2) is 2.43. The fraction of sp³-hybridized carbons (Fsp3) is 1.00. The highest BCUT2D eigenvalue weighted by molar-refractivity contribution is 7.87. The van der Waals surface area contributed by atoms with Gasteiger partial charge in [0.2, 0.25) is 0 Å². The van der Waals surface area contributed by atoms with Crippen molar-refractivity contribution in [3.05, 3.63) is 0 Å². The van der Waals surface area contributed by atoms with Gasteiger partial charge < -0.3 is 0 Å². The van der Waals surface area contributed by atoms with Crippen LogP contribution in [0.1, 0.15) is 26.7 Å². The van der Waals surface area contributed by atoms with Crippen LogP contribution in [0.25, 0.3) is 0 Å². The van der Waals surface area contributed by atoms with Crippen LogP contribution in [0.15, 0.2) is 0 Å². The molecule has 3 N–H and O–H groups in total. The Bertz CT molecular complexity index is 241. The second-order valence-corrected chi connectivity index (χ2v) is 4.94. The summed E-state index contributed by atoms with van der Waals surface area (Å²) in [7, 11) is -3.54. The first-order chi connectivity index (χ1) is 4.81. The molecule has 11 heavy (non-hydrogen) atoms. The molecule has 1 fully saturated rings. The Morgan fingerprint density at radius 3 is 2.18 bits per heavy atom. The van der Waals surface area contributed by atoms with Gasteiger partial charge in [-0.3, -0.25) is 0 Å². The van der Waals surface area contributed by atoms with E-state index in [9.17, 15) is 8.42 Å². The standard InChI is InChI=1S/C6H14N2O2S/c1-6(2,5-3-4-5)8-11(7,9)10/h5,8H,3-4H2,1-2H3,(H2,7,9,10). The van der Waals surface area contributed by atoms with Gasteiger partial charge in [-0.2, -0.15) is 13.1 Å². The number of hydrogen-bond donors (Lipinski definition) is 2. The molecule has 0 aliphatic heterocycles. The first kappa shape index (κ1) is 8.96. The average molecular weight is 178 g/mol. The average Bonchev–Trinajstić information content (AvgIpc) is 2.30. The van der Waals surface area contributed by atoms with Crippen molar-refractivity contribution in [1.29, 1.82) is 0 Å². The van der Waals surface area contributed by atoms with Crippen molar-refractivity contribution in [2.45, 2.75) is 32.2 Å². The van der Waals surface area contributed by atoms with E-state index in [1.165, 1.54) is 0 Å². The van der Waals surface area contributed by atoms with Crippen molar-refractivity contribution in [2.75, 3.05) is 0 Å². The Morgan fingerprint density at radius 2 is 1.91 bits per heavy atom. The molecule has 0 amide bonds. The molecule has 0 heterocycles. The van der Waals surface area contributed by atoms with Crippen LogP contribution in [0.4, 0.5) is 0 Å². The molecule has 5 heteroatoms. The van der Waals surface area contributed by atoms with Gasteiger partial charge in [0.05, 0.1) is 0 Å². The lowest BCUT2D eigenvalue weighted by molar-refractivity contribution is 0.401. The number of hydrogen-bond acceptors (Lipinski definition) is 2. The monoisotopic (exact) mass is 178 g/mol. The summed E-state index contributed by atoms with van der Waals surface area (Å²) in [5, 5.41) is 4.85. The van der Waals surface area contributed by atoms with Gasteiger partial charge in [0.15, 0.2) is 0 Å². The van der Waals surface area contributed by atoms with E-state index in [4.69, 9.17) is 5.14 Å². The third-order valence-corrected chi connectivity index (χ3v) is 2.81. The third kappa shape index (κ3) is 2.76. The molecule has 4 nitrogen and oxygen atoms in total. The topological polar surface area (TPSA) is 72.2 Å². The van der Waals surface area contributed by atoms with Crippen molar-refractivity contribution in [3.8, 4) is 0 Å². The van der Waals surface area contributed by atoms with Crippen LogP contribution < -0.4 is 9.86 Å². The number of nitrogens with one attached hydrogen (secondary N) is 1. The predicted molar refractivity (Wildman–Crippen MR) is 43.0 cm³/mol. The minimum absolute atomic E-state index is 0.367. The maximum atomic E-state index is 10.6. The molecule has 0 aromatic carbocycles. The maximum Gasteiger partial charge on any atom is 0.274 e. The lowest BCUT2D eigenvalue weighted by Crippen LogP contribution is -2.48. The first-order valence-corrected chi connectivity index (χ1v) is 5.17. The lowest BCUT2D eigenvalue weighted by Gasteiger charge is -2.23. The zero-order chi connectivity index (χ0) is 8.70. The fourth-order valence-electron chi connectivity index (χ4n) is 1.26. The van der Waals surface area contributed by atoms with Gasteiger partial charge in [0.1, 0.15) is 0 Å². The molecule has 66 valence electrons. The largest absolute Gasteiger partial charge is 0.274 e. The second-order valence-electron chi connectivity index (χ2n) is 3.64. The molecule has 1 aliphatic carbocycles. The fourth-order valence-corrected chi connectivity index (χ4v) is 2.15. The summed E-state index contributed by atoms with van der Waals surface area (Å²) in [6.07, 6.45) is 2.19. The summed E-state index contributed by atoms with van der Waals surface area (Å²) in [4.78, 5) is 0. The van der Waals surface area contributed by atoms with Crippen LogP contribution in [0.5, 0.6) is 0 Å². The molecule has 1 rings (SSSR count). The molecule has 0 aromatic rings. The van der Waals surface area contributed by atoms with Crippen molar-refractivity contribution >= 4 is 10.2 Å². The van der Waals surface area contributed by atoms with Gasteiger partial charge in [-0.05, 0) is 32.6 Å². The molecule has 0 spiro atoms. The smallest absolute Gasteiger partial charge is 0.216 e. The van der Waals surface area contributed by atoms with E-state index in [1.54, 1.807) is 0 Å². The summed E-state index contributed by atoms with van der Waals surface area (Å²) < 4.78 is 23.7. The summed E-state index contributed by atoms with van der Waals surface area (Å²) in [6, 6.07) is 0. The van der Waals surface area contributed by atoms with E-state index in [1.807, 2.05) is 13.8 Å². The highest BCUT2D eigenvalue weighted by Gasteiger charge is 2.39. The highest BCUT2D eigenvalue weighted by atomic mass is 32.2. The summed E-state index contributed by atoms with van der Waals surface area (Å²) in [5.74, 6) is 0.459. The number of nitrogens with two attached hydrogens (primary N) is 1. The van der Waals surface area contributed by atoms with E-state index in [2.05, 4.69) is 4.72 Å². The van der Waals surface area contributed by atoms with Gasteiger partial charge in [0, 0.05) is 5.54 Å². The van der Waals surface area contributed by atoms with Gasteiger partial charge in [-0.15, -0.1) is 0 Å². The number of rotatable bonds is 3. The van der Waals surface area contributed by atoms with Gasteiger partial charge >= 0.3 is 0 Å².